The zero-order valence-corrected chi connectivity index (χ0v) is 12.0. The van der Waals surface area contributed by atoms with Crippen molar-refractivity contribution < 1.29 is 34.0 Å². The first-order chi connectivity index (χ1) is 9.88. The molecule has 118 valence electrons. The van der Waals surface area contributed by atoms with Crippen molar-refractivity contribution in [1.29, 1.82) is 0 Å². The third kappa shape index (κ3) is 3.81. The molecule has 6 atom stereocenters. The summed E-state index contributed by atoms with van der Waals surface area (Å²) in [5.41, 5.74) is 0. The highest BCUT2D eigenvalue weighted by molar-refractivity contribution is 5.82. The Kier molecular flexibility index (Phi) is 4.97. The van der Waals surface area contributed by atoms with Crippen molar-refractivity contribution in [3.63, 3.8) is 0 Å². The van der Waals surface area contributed by atoms with E-state index < -0.39 is 48.6 Å². The first-order valence-electron chi connectivity index (χ1n) is 6.94. The number of carbonyl (C=O) groups is 2. The number of cyclic esters (lactones) is 1. The van der Waals surface area contributed by atoms with E-state index >= 15 is 0 Å². The Morgan fingerprint density at radius 1 is 1.48 bits per heavy atom. The average molecular weight is 300 g/mol. The molecule has 0 aromatic carbocycles. The molecule has 2 rings (SSSR count). The van der Waals surface area contributed by atoms with Gasteiger partial charge in [0.2, 0.25) is 0 Å². The number of aliphatic hydroxyl groups is 2. The van der Waals surface area contributed by atoms with Gasteiger partial charge in [-0.2, -0.15) is 0 Å². The first-order valence-corrected chi connectivity index (χ1v) is 6.94. The number of esters is 2. The third-order valence-electron chi connectivity index (χ3n) is 3.67. The number of ether oxygens (including phenoxy) is 3. The topological polar surface area (TPSA) is 102 Å². The van der Waals surface area contributed by atoms with Crippen molar-refractivity contribution in [3.8, 4) is 0 Å². The number of carbonyl (C=O) groups excluding carboxylic acids is 2. The number of aliphatic hydroxyl groups excluding tert-OH is 2. The predicted octanol–water partition coefficient (Wildman–Crippen LogP) is -0.311. The monoisotopic (exact) mass is 300 g/mol. The molecule has 2 aliphatic rings. The van der Waals surface area contributed by atoms with E-state index in [1.54, 1.807) is 13.0 Å². The van der Waals surface area contributed by atoms with E-state index in [1.807, 2.05) is 0 Å². The molecule has 0 radical (unpaired) electrons. The Bertz CT molecular complexity index is 433. The van der Waals surface area contributed by atoms with Gasteiger partial charge in [-0.3, -0.25) is 4.79 Å². The zero-order valence-electron chi connectivity index (χ0n) is 12.0. The lowest BCUT2D eigenvalue weighted by atomic mass is 9.98. The van der Waals surface area contributed by atoms with Gasteiger partial charge in [0.15, 0.2) is 0 Å². The summed E-state index contributed by atoms with van der Waals surface area (Å²) in [6.45, 7) is 2.96. The van der Waals surface area contributed by atoms with Crippen molar-refractivity contribution in [1.82, 2.24) is 0 Å². The zero-order chi connectivity index (χ0) is 15.6. The van der Waals surface area contributed by atoms with Crippen molar-refractivity contribution in [3.05, 3.63) is 12.2 Å². The highest BCUT2D eigenvalue weighted by Crippen LogP contribution is 2.29. The van der Waals surface area contributed by atoms with E-state index in [1.165, 1.54) is 13.0 Å². The van der Waals surface area contributed by atoms with Crippen molar-refractivity contribution in [2.24, 2.45) is 0 Å². The van der Waals surface area contributed by atoms with Crippen LogP contribution in [0.5, 0.6) is 0 Å². The lowest BCUT2D eigenvalue weighted by Gasteiger charge is -2.29. The molecule has 0 unspecified atom stereocenters. The molecule has 7 heteroatoms. The fourth-order valence-electron chi connectivity index (χ4n) is 2.62. The van der Waals surface area contributed by atoms with Crippen LogP contribution in [0.25, 0.3) is 0 Å². The van der Waals surface area contributed by atoms with Gasteiger partial charge in [-0.25, -0.2) is 4.79 Å². The maximum absolute atomic E-state index is 11.2. The van der Waals surface area contributed by atoms with Crippen LogP contribution in [0.1, 0.15) is 26.7 Å². The summed E-state index contributed by atoms with van der Waals surface area (Å²) in [7, 11) is 0. The second-order valence-electron chi connectivity index (χ2n) is 5.36. The lowest BCUT2D eigenvalue weighted by Crippen LogP contribution is -2.45. The van der Waals surface area contributed by atoms with Crippen LogP contribution in [0.3, 0.4) is 0 Å². The summed E-state index contributed by atoms with van der Waals surface area (Å²) in [4.78, 5) is 22.1. The quantitative estimate of drug-likeness (QED) is 0.686. The van der Waals surface area contributed by atoms with Crippen LogP contribution >= 0.6 is 0 Å². The number of hydrogen-bond acceptors (Lipinski definition) is 7. The van der Waals surface area contributed by atoms with Gasteiger partial charge in [-0.05, 0) is 6.92 Å². The molecule has 2 N–H and O–H groups in total. The first kappa shape index (κ1) is 15.9. The lowest BCUT2D eigenvalue weighted by molar-refractivity contribution is -0.168. The molecule has 2 aliphatic heterocycles. The SMILES string of the molecule is CC(=O)O[C@@H](C)[C@H]1C[C@H](O)[C@H]([C@H](O)[C@H]2CC=CC(=O)O2)O1. The molecule has 0 saturated carbocycles. The summed E-state index contributed by atoms with van der Waals surface area (Å²) in [5, 5.41) is 20.3. The van der Waals surface area contributed by atoms with Gasteiger partial charge in [0.05, 0.1) is 12.2 Å². The Morgan fingerprint density at radius 2 is 2.19 bits per heavy atom. The van der Waals surface area contributed by atoms with E-state index in [0.717, 1.165) is 0 Å². The van der Waals surface area contributed by atoms with Gasteiger partial charge in [0.1, 0.15) is 24.4 Å². The van der Waals surface area contributed by atoms with E-state index in [9.17, 15) is 19.8 Å². The van der Waals surface area contributed by atoms with E-state index in [2.05, 4.69) is 0 Å². The third-order valence-corrected chi connectivity index (χ3v) is 3.67. The average Bonchev–Trinajstić information content (AvgIpc) is 2.79. The smallest absolute Gasteiger partial charge is 0.330 e. The van der Waals surface area contributed by atoms with E-state index in [4.69, 9.17) is 14.2 Å². The van der Waals surface area contributed by atoms with Gasteiger partial charge in [-0.1, -0.05) is 6.08 Å². The molecular formula is C14H20O7. The Labute approximate surface area is 122 Å². The fourth-order valence-corrected chi connectivity index (χ4v) is 2.62. The molecule has 1 fully saturated rings. The van der Waals surface area contributed by atoms with Crippen LogP contribution < -0.4 is 0 Å². The van der Waals surface area contributed by atoms with Crippen molar-refractivity contribution >= 4 is 11.9 Å². The van der Waals surface area contributed by atoms with Gasteiger partial charge in [0, 0.05) is 25.8 Å². The van der Waals surface area contributed by atoms with Gasteiger partial charge >= 0.3 is 11.9 Å². The van der Waals surface area contributed by atoms with Gasteiger partial charge < -0.3 is 24.4 Å². The molecule has 0 amide bonds. The molecule has 7 nitrogen and oxygen atoms in total. The standard InChI is InChI=1S/C14H20O7/c1-7(19-8(2)15)11-6-9(16)14(21-11)13(18)10-4-3-5-12(17)20-10/h3,5,7,9-11,13-14,16,18H,4,6H2,1-2H3/t7-,9-,10+,11+,13+,14+/m0/s1. The summed E-state index contributed by atoms with van der Waals surface area (Å²) in [6, 6.07) is 0. The van der Waals surface area contributed by atoms with Crippen molar-refractivity contribution in [2.75, 3.05) is 0 Å². The minimum absolute atomic E-state index is 0.243. The van der Waals surface area contributed by atoms with Crippen LogP contribution in [0.4, 0.5) is 0 Å². The summed E-state index contributed by atoms with van der Waals surface area (Å²) in [5.74, 6) is -0.960. The van der Waals surface area contributed by atoms with Crippen LogP contribution in [0.15, 0.2) is 12.2 Å². The van der Waals surface area contributed by atoms with Crippen LogP contribution in [0.2, 0.25) is 0 Å². The summed E-state index contributed by atoms with van der Waals surface area (Å²) >= 11 is 0. The van der Waals surface area contributed by atoms with Gasteiger partial charge in [-0.15, -0.1) is 0 Å². The fraction of sp³-hybridized carbons (Fsp3) is 0.714. The molecule has 21 heavy (non-hydrogen) atoms. The van der Waals surface area contributed by atoms with Gasteiger partial charge in [0.25, 0.3) is 0 Å². The highest BCUT2D eigenvalue weighted by atomic mass is 16.6. The Morgan fingerprint density at radius 3 is 2.81 bits per heavy atom. The second kappa shape index (κ2) is 6.55. The van der Waals surface area contributed by atoms with Crippen LogP contribution in [-0.2, 0) is 23.8 Å². The Balaban J connectivity index is 1.96. The molecule has 2 heterocycles. The van der Waals surface area contributed by atoms with E-state index in [-0.39, 0.29) is 6.42 Å². The maximum atomic E-state index is 11.2. The normalized spacial score (nSPS) is 35.1. The minimum atomic E-state index is -1.14. The number of rotatable bonds is 4. The highest BCUT2D eigenvalue weighted by Gasteiger charge is 2.44. The maximum Gasteiger partial charge on any atom is 0.330 e. The summed E-state index contributed by atoms with van der Waals surface area (Å²) in [6.07, 6.45) is -1.18. The second-order valence-corrected chi connectivity index (χ2v) is 5.36. The predicted molar refractivity (Wildman–Crippen MR) is 70.2 cm³/mol. The van der Waals surface area contributed by atoms with Crippen LogP contribution in [0, 0.1) is 0 Å². The number of hydrogen-bond donors (Lipinski definition) is 2. The molecule has 0 aromatic heterocycles. The van der Waals surface area contributed by atoms with Crippen molar-refractivity contribution in [2.45, 2.75) is 63.3 Å². The minimum Gasteiger partial charge on any atom is -0.460 e. The summed E-state index contributed by atoms with van der Waals surface area (Å²) < 4.78 is 15.6. The molecule has 0 spiro atoms. The Hall–Kier alpha value is -1.44. The van der Waals surface area contributed by atoms with E-state index in [0.29, 0.717) is 6.42 Å². The van der Waals surface area contributed by atoms with Crippen LogP contribution in [-0.4, -0.2) is 58.8 Å². The molecule has 0 bridgehead atoms. The largest absolute Gasteiger partial charge is 0.460 e. The molecule has 0 aliphatic carbocycles. The molecular weight excluding hydrogens is 280 g/mol. The molecule has 0 aromatic rings. The molecule has 1 saturated heterocycles.